The zero-order chi connectivity index (χ0) is 19.0. The number of carbonyl (C=O) groups is 1. The highest BCUT2D eigenvalue weighted by Crippen LogP contribution is 2.29. The highest BCUT2D eigenvalue weighted by atomic mass is 16.1. The lowest BCUT2D eigenvalue weighted by atomic mass is 9.93. The fraction of sp³-hybridized carbons (Fsp3) is 0.333. The zero-order valence-corrected chi connectivity index (χ0v) is 15.0. The third-order valence-electron chi connectivity index (χ3n) is 5.04. The molecule has 9 heteroatoms. The van der Waals surface area contributed by atoms with Gasteiger partial charge in [-0.05, 0) is 30.5 Å². The molecule has 0 unspecified atom stereocenters. The maximum absolute atomic E-state index is 11.8. The van der Waals surface area contributed by atoms with Crippen molar-refractivity contribution in [1.82, 2.24) is 20.2 Å². The Morgan fingerprint density at radius 2 is 2.19 bits per heavy atom. The Morgan fingerprint density at radius 1 is 1.33 bits per heavy atom. The van der Waals surface area contributed by atoms with Gasteiger partial charge in [0.2, 0.25) is 0 Å². The second-order valence-electron chi connectivity index (χ2n) is 6.94. The number of rotatable bonds is 4. The van der Waals surface area contributed by atoms with E-state index in [0.717, 1.165) is 30.7 Å². The van der Waals surface area contributed by atoms with Crippen LogP contribution in [-0.2, 0) is 0 Å². The lowest BCUT2D eigenvalue weighted by molar-refractivity contribution is 0.0995. The first kappa shape index (κ1) is 17.1. The summed E-state index contributed by atoms with van der Waals surface area (Å²) in [6.45, 7) is 3.86. The number of anilines is 3. The molecule has 140 valence electrons. The molecule has 1 fully saturated rings. The maximum atomic E-state index is 11.8. The molecule has 2 atom stereocenters. The molecule has 0 radical (unpaired) electrons. The summed E-state index contributed by atoms with van der Waals surface area (Å²) in [4.78, 5) is 21.5. The normalized spacial score (nSPS) is 20.0. The summed E-state index contributed by atoms with van der Waals surface area (Å²) in [7, 11) is 0. The second-order valence-corrected chi connectivity index (χ2v) is 6.94. The first-order valence-corrected chi connectivity index (χ1v) is 8.89. The summed E-state index contributed by atoms with van der Waals surface area (Å²) in [5, 5.41) is 12.3. The summed E-state index contributed by atoms with van der Waals surface area (Å²) in [5.41, 5.74) is 13.3. The number of nitrogens with zero attached hydrogens (tertiary/aromatic N) is 4. The number of aromatic nitrogens is 4. The van der Waals surface area contributed by atoms with Gasteiger partial charge in [0.05, 0.1) is 17.6 Å². The zero-order valence-electron chi connectivity index (χ0n) is 15.0. The summed E-state index contributed by atoms with van der Waals surface area (Å²) < 4.78 is 0. The van der Waals surface area contributed by atoms with Crippen molar-refractivity contribution in [2.45, 2.75) is 19.4 Å². The molecule has 3 aromatic rings. The van der Waals surface area contributed by atoms with Crippen LogP contribution < -0.4 is 21.7 Å². The van der Waals surface area contributed by atoms with E-state index in [4.69, 9.17) is 11.5 Å². The van der Waals surface area contributed by atoms with Crippen LogP contribution in [0.3, 0.4) is 0 Å². The highest BCUT2D eigenvalue weighted by Gasteiger charge is 2.28. The number of nitrogen functional groups attached to an aromatic ring is 1. The van der Waals surface area contributed by atoms with E-state index in [-0.39, 0.29) is 11.7 Å². The van der Waals surface area contributed by atoms with Gasteiger partial charge in [0.25, 0.3) is 5.91 Å². The van der Waals surface area contributed by atoms with E-state index < -0.39 is 5.91 Å². The number of primary amides is 1. The van der Waals surface area contributed by atoms with Gasteiger partial charge in [-0.25, -0.2) is 4.98 Å². The molecule has 0 aliphatic carbocycles. The molecule has 3 aromatic heterocycles. The van der Waals surface area contributed by atoms with Gasteiger partial charge in [-0.15, -0.1) is 10.2 Å². The van der Waals surface area contributed by atoms with Crippen LogP contribution in [0.15, 0.2) is 30.6 Å². The maximum Gasteiger partial charge on any atom is 0.271 e. The van der Waals surface area contributed by atoms with Crippen molar-refractivity contribution in [3.05, 3.63) is 36.3 Å². The number of hydrogen-bond acceptors (Lipinski definition) is 7. The average molecular weight is 366 g/mol. The Kier molecular flexibility index (Phi) is 4.27. The van der Waals surface area contributed by atoms with Crippen molar-refractivity contribution < 1.29 is 4.79 Å². The van der Waals surface area contributed by atoms with Crippen molar-refractivity contribution in [2.24, 2.45) is 11.7 Å². The van der Waals surface area contributed by atoms with Crippen LogP contribution in [0.1, 0.15) is 23.8 Å². The summed E-state index contributed by atoms with van der Waals surface area (Å²) in [6.07, 6.45) is 4.34. The molecule has 1 amide bonds. The van der Waals surface area contributed by atoms with E-state index in [0.29, 0.717) is 22.9 Å². The molecular formula is C18H22N8O. The van der Waals surface area contributed by atoms with Gasteiger partial charge in [-0.2, -0.15) is 0 Å². The number of nitrogens with two attached hydrogens (primary N) is 2. The number of amides is 1. The quantitative estimate of drug-likeness (QED) is 0.547. The predicted molar refractivity (Wildman–Crippen MR) is 104 cm³/mol. The van der Waals surface area contributed by atoms with E-state index in [1.165, 1.54) is 0 Å². The van der Waals surface area contributed by atoms with Crippen LogP contribution in [0.4, 0.5) is 17.2 Å². The molecule has 4 heterocycles. The molecule has 6 N–H and O–H groups in total. The molecule has 1 aliphatic heterocycles. The number of carbonyl (C=O) groups excluding carboxylic acids is 1. The van der Waals surface area contributed by atoms with E-state index in [2.05, 4.69) is 37.3 Å². The Hall–Kier alpha value is -3.36. The Bertz CT molecular complexity index is 967. The third kappa shape index (κ3) is 3.23. The van der Waals surface area contributed by atoms with Crippen LogP contribution in [0, 0.1) is 5.92 Å². The molecule has 4 rings (SSSR count). The number of hydrogen-bond donors (Lipinski definition) is 4. The van der Waals surface area contributed by atoms with Crippen LogP contribution in [0.5, 0.6) is 0 Å². The molecule has 0 spiro atoms. The summed E-state index contributed by atoms with van der Waals surface area (Å²) in [6, 6.07) is 5.85. The first-order chi connectivity index (χ1) is 13.0. The topological polar surface area (TPSA) is 139 Å². The Morgan fingerprint density at radius 3 is 2.89 bits per heavy atom. The van der Waals surface area contributed by atoms with Gasteiger partial charge < -0.3 is 26.7 Å². The smallest absolute Gasteiger partial charge is 0.271 e. The van der Waals surface area contributed by atoms with Crippen LogP contribution in [-0.4, -0.2) is 45.2 Å². The summed E-state index contributed by atoms with van der Waals surface area (Å²) >= 11 is 0. The number of pyridine rings is 1. The van der Waals surface area contributed by atoms with E-state index >= 15 is 0 Å². The third-order valence-corrected chi connectivity index (χ3v) is 5.04. The largest absolute Gasteiger partial charge is 0.397 e. The van der Waals surface area contributed by atoms with Gasteiger partial charge in [0.15, 0.2) is 11.3 Å². The molecule has 0 aromatic carbocycles. The molecule has 9 nitrogen and oxygen atoms in total. The monoisotopic (exact) mass is 366 g/mol. The molecule has 1 aliphatic rings. The Balaban J connectivity index is 1.55. The molecular weight excluding hydrogens is 344 g/mol. The number of aromatic amines is 1. The first-order valence-electron chi connectivity index (χ1n) is 8.89. The van der Waals surface area contributed by atoms with Gasteiger partial charge in [0.1, 0.15) is 5.82 Å². The van der Waals surface area contributed by atoms with Crippen molar-refractivity contribution in [3.8, 4) is 0 Å². The fourth-order valence-corrected chi connectivity index (χ4v) is 3.58. The van der Waals surface area contributed by atoms with Gasteiger partial charge in [-0.3, -0.25) is 4.79 Å². The number of nitrogens with one attached hydrogen (secondary N) is 2. The summed E-state index contributed by atoms with van der Waals surface area (Å²) in [5.74, 6) is 0.649. The van der Waals surface area contributed by atoms with Crippen molar-refractivity contribution in [3.63, 3.8) is 0 Å². The number of H-pyrrole nitrogens is 1. The number of fused-ring (bicyclic) bond motifs is 1. The second kappa shape index (κ2) is 6.75. The molecule has 27 heavy (non-hydrogen) atoms. The molecule has 0 bridgehead atoms. The fourth-order valence-electron chi connectivity index (χ4n) is 3.58. The van der Waals surface area contributed by atoms with Gasteiger partial charge in [0, 0.05) is 30.7 Å². The van der Waals surface area contributed by atoms with Crippen LogP contribution >= 0.6 is 0 Å². The van der Waals surface area contributed by atoms with Crippen molar-refractivity contribution in [1.29, 1.82) is 0 Å². The Labute approximate surface area is 156 Å². The van der Waals surface area contributed by atoms with Crippen LogP contribution in [0.25, 0.3) is 11.0 Å². The SMILES string of the molecule is C[C@H]1CN(c2ccc(N)cn2)CC[C@H]1Nc1c(C(N)=O)nnc2[nH]ccc12. The minimum absolute atomic E-state index is 0.164. The van der Waals surface area contributed by atoms with Gasteiger partial charge >= 0.3 is 0 Å². The minimum Gasteiger partial charge on any atom is -0.397 e. The van der Waals surface area contributed by atoms with Crippen LogP contribution in [0.2, 0.25) is 0 Å². The van der Waals surface area contributed by atoms with E-state index in [9.17, 15) is 4.79 Å². The van der Waals surface area contributed by atoms with E-state index in [1.54, 1.807) is 12.4 Å². The molecule has 1 saturated heterocycles. The number of piperidine rings is 1. The van der Waals surface area contributed by atoms with Crippen molar-refractivity contribution >= 4 is 34.1 Å². The molecule has 0 saturated carbocycles. The highest BCUT2D eigenvalue weighted by molar-refractivity contribution is 6.04. The lowest BCUT2D eigenvalue weighted by Gasteiger charge is -2.38. The predicted octanol–water partition coefficient (Wildman–Crippen LogP) is 1.36. The standard InChI is InChI=1S/C18H22N8O/c1-10-9-26(14-3-2-11(19)8-22-14)7-5-13(10)23-15-12-4-6-21-18(12)25-24-16(15)17(20)27/h2-4,6,8,10,13H,5,7,9,19H2,1H3,(H2,20,27)(H2,21,23,25)/t10-,13+/m0/s1. The van der Waals surface area contributed by atoms with Crippen molar-refractivity contribution in [2.75, 3.05) is 29.0 Å². The lowest BCUT2D eigenvalue weighted by Crippen LogP contribution is -2.45. The average Bonchev–Trinajstić information content (AvgIpc) is 3.13. The minimum atomic E-state index is -0.593. The van der Waals surface area contributed by atoms with E-state index in [1.807, 2.05) is 18.2 Å². The van der Waals surface area contributed by atoms with Gasteiger partial charge in [-0.1, -0.05) is 6.92 Å².